The minimum absolute atomic E-state index is 0.129. The van der Waals surface area contributed by atoms with Crippen molar-refractivity contribution < 1.29 is 13.5 Å². The molecule has 0 saturated heterocycles. The fraction of sp³-hybridized carbons (Fsp3) is 0.136. The highest BCUT2D eigenvalue weighted by molar-refractivity contribution is 6.20. The smallest absolute Gasteiger partial charge is 0.210 e. The second-order valence-corrected chi connectivity index (χ2v) is 7.57. The lowest BCUT2D eigenvalue weighted by molar-refractivity contribution is 0.247. The van der Waals surface area contributed by atoms with Gasteiger partial charge in [-0.25, -0.2) is 19.7 Å². The number of aromatic amines is 2. The summed E-state index contributed by atoms with van der Waals surface area (Å²) in [7, 11) is 0. The zero-order chi connectivity index (χ0) is 22.4. The molecule has 2 heterocycles. The summed E-state index contributed by atoms with van der Waals surface area (Å²) in [6.45, 7) is 0.683. The number of guanidine groups is 1. The van der Waals surface area contributed by atoms with Crippen molar-refractivity contribution in [1.82, 2.24) is 15.1 Å². The number of hydrogen-bond acceptors (Lipinski definition) is 4. The van der Waals surface area contributed by atoms with Crippen molar-refractivity contribution >= 4 is 49.6 Å². The van der Waals surface area contributed by atoms with Crippen LogP contribution < -0.4 is 22.0 Å². The van der Waals surface area contributed by atoms with Crippen molar-refractivity contribution in [2.75, 3.05) is 13.2 Å². The number of H-pyrrole nitrogens is 2. The summed E-state index contributed by atoms with van der Waals surface area (Å²) in [5.74, 6) is 5.47. The molecule has 0 unspecified atom stereocenters. The predicted octanol–water partition coefficient (Wildman–Crippen LogP) is 3.37. The topological polar surface area (TPSA) is 134 Å². The first-order chi connectivity index (χ1) is 15.4. The molecule has 0 atom stereocenters. The van der Waals surface area contributed by atoms with Crippen LogP contribution in [0.1, 0.15) is 6.42 Å². The van der Waals surface area contributed by atoms with Crippen LogP contribution in [0.15, 0.2) is 47.6 Å². The summed E-state index contributed by atoms with van der Waals surface area (Å²) in [6.07, 6.45) is 0.537. The minimum Gasteiger partial charge on any atom is -0.489 e. The molecule has 0 bridgehead atoms. The zero-order valence-electron chi connectivity index (χ0n) is 17.0. The molecule has 0 radical (unpaired) electrons. The van der Waals surface area contributed by atoms with E-state index in [9.17, 15) is 8.78 Å². The van der Waals surface area contributed by atoms with E-state index in [1.165, 1.54) is 24.3 Å². The number of hydrazine groups is 1. The maximum atomic E-state index is 14.0. The standard InChI is InChI=1S/C22H21F2N7O/c23-11-2-4-17-13(8-11)15-10-16-14-9-12(24)3-5-18(14)29-20(16)21(19(15)28-17)32-7-1-6-31(27)30-22(25)26/h2-5,8-10,28-29H,1,6-7,27H2,(H4,25,26,30). The molecule has 0 spiro atoms. The monoisotopic (exact) mass is 437 g/mol. The second-order valence-electron chi connectivity index (χ2n) is 7.57. The highest BCUT2D eigenvalue weighted by atomic mass is 19.1. The molecule has 10 heteroatoms. The molecular weight excluding hydrogens is 416 g/mol. The first-order valence-electron chi connectivity index (χ1n) is 10.00. The summed E-state index contributed by atoms with van der Waals surface area (Å²) < 4.78 is 34.1. The van der Waals surface area contributed by atoms with Gasteiger partial charge < -0.3 is 26.2 Å². The maximum Gasteiger partial charge on any atom is 0.210 e. The number of benzene rings is 3. The van der Waals surface area contributed by atoms with Crippen LogP contribution in [0.25, 0.3) is 43.6 Å². The first-order valence-corrected chi connectivity index (χ1v) is 10.00. The largest absolute Gasteiger partial charge is 0.489 e. The van der Waals surface area contributed by atoms with Gasteiger partial charge in [-0.1, -0.05) is 0 Å². The lowest BCUT2D eigenvalue weighted by Crippen LogP contribution is -2.34. The van der Waals surface area contributed by atoms with Crippen LogP contribution >= 0.6 is 0 Å². The Morgan fingerprint density at radius 2 is 1.44 bits per heavy atom. The molecule has 164 valence electrons. The third-order valence-corrected chi connectivity index (χ3v) is 5.37. The van der Waals surface area contributed by atoms with Crippen molar-refractivity contribution in [3.8, 4) is 5.75 Å². The number of hydrogen-bond donors (Lipinski definition) is 5. The fourth-order valence-electron chi connectivity index (χ4n) is 4.04. The Morgan fingerprint density at radius 1 is 0.875 bits per heavy atom. The average Bonchev–Trinajstić information content (AvgIpc) is 3.28. The lowest BCUT2D eigenvalue weighted by atomic mass is 10.1. The van der Waals surface area contributed by atoms with E-state index in [2.05, 4.69) is 15.1 Å². The van der Waals surface area contributed by atoms with E-state index in [1.807, 2.05) is 6.07 Å². The van der Waals surface area contributed by atoms with E-state index >= 15 is 0 Å². The molecular formula is C22H21F2N7O. The van der Waals surface area contributed by atoms with E-state index in [0.29, 0.717) is 25.3 Å². The van der Waals surface area contributed by atoms with E-state index < -0.39 is 0 Å². The van der Waals surface area contributed by atoms with Crippen molar-refractivity contribution in [2.45, 2.75) is 6.42 Å². The zero-order valence-corrected chi connectivity index (χ0v) is 17.0. The van der Waals surface area contributed by atoms with Gasteiger partial charge in [0, 0.05) is 39.0 Å². The number of ether oxygens (including phenoxy) is 1. The third kappa shape index (κ3) is 3.40. The van der Waals surface area contributed by atoms with Crippen molar-refractivity contribution in [1.29, 1.82) is 0 Å². The Labute approximate surface area is 180 Å². The van der Waals surface area contributed by atoms with Gasteiger partial charge >= 0.3 is 0 Å². The molecule has 2 aromatic heterocycles. The number of nitrogens with one attached hydrogen (secondary N) is 2. The van der Waals surface area contributed by atoms with Crippen LogP contribution in [0.4, 0.5) is 8.78 Å². The molecule has 3 aromatic carbocycles. The van der Waals surface area contributed by atoms with E-state index in [1.54, 1.807) is 12.1 Å². The predicted molar refractivity (Wildman–Crippen MR) is 122 cm³/mol. The third-order valence-electron chi connectivity index (χ3n) is 5.37. The van der Waals surface area contributed by atoms with Gasteiger partial charge in [0.2, 0.25) is 5.96 Å². The van der Waals surface area contributed by atoms with Crippen LogP contribution in [0.3, 0.4) is 0 Å². The average molecular weight is 437 g/mol. The Kier molecular flexibility index (Phi) is 4.71. The van der Waals surface area contributed by atoms with Crippen LogP contribution in [0, 0.1) is 11.6 Å². The lowest BCUT2D eigenvalue weighted by Gasteiger charge is -2.13. The Balaban J connectivity index is 1.63. The molecule has 0 aliphatic rings. The van der Waals surface area contributed by atoms with Crippen LogP contribution in [-0.4, -0.2) is 34.2 Å². The van der Waals surface area contributed by atoms with Crippen LogP contribution in [0.2, 0.25) is 0 Å². The molecule has 5 rings (SSSR count). The quantitative estimate of drug-likeness (QED) is 0.0913. The van der Waals surface area contributed by atoms with Gasteiger partial charge in [0.25, 0.3) is 0 Å². The van der Waals surface area contributed by atoms with Gasteiger partial charge in [-0.05, 0) is 42.5 Å². The van der Waals surface area contributed by atoms with Crippen molar-refractivity contribution in [2.24, 2.45) is 22.4 Å². The molecule has 32 heavy (non-hydrogen) atoms. The van der Waals surface area contributed by atoms with Crippen molar-refractivity contribution in [3.05, 3.63) is 54.1 Å². The first kappa shape index (κ1) is 19.9. The number of nitrogens with two attached hydrogens (primary N) is 3. The Hall–Kier alpha value is -4.05. The molecule has 8 nitrogen and oxygen atoms in total. The van der Waals surface area contributed by atoms with Gasteiger partial charge in [-0.15, -0.1) is 5.10 Å². The minimum atomic E-state index is -0.339. The number of rotatable bonds is 6. The number of nitrogens with zero attached hydrogens (tertiary/aromatic N) is 2. The SMILES string of the molecule is NC(N)=NN(N)CCCOc1c2[nH]c3ccc(F)cc3c2cc2c1[nH]c1ccc(F)cc12. The molecule has 0 saturated carbocycles. The number of aromatic nitrogens is 2. The summed E-state index contributed by atoms with van der Waals surface area (Å²) in [5.41, 5.74) is 13.6. The molecule has 0 aliphatic carbocycles. The van der Waals surface area contributed by atoms with Gasteiger partial charge in [-0.2, -0.15) is 0 Å². The summed E-state index contributed by atoms with van der Waals surface area (Å²) in [5, 5.41) is 7.90. The molecule has 0 fully saturated rings. The van der Waals surface area contributed by atoms with E-state index in [0.717, 1.165) is 48.7 Å². The highest BCUT2D eigenvalue weighted by Gasteiger charge is 2.18. The highest BCUT2D eigenvalue weighted by Crippen LogP contribution is 2.41. The maximum absolute atomic E-state index is 14.0. The fourth-order valence-corrected chi connectivity index (χ4v) is 4.04. The van der Waals surface area contributed by atoms with E-state index in [-0.39, 0.29) is 17.6 Å². The Bertz CT molecular complexity index is 1410. The van der Waals surface area contributed by atoms with Gasteiger partial charge in [-0.3, -0.25) is 0 Å². The van der Waals surface area contributed by atoms with Crippen LogP contribution in [-0.2, 0) is 0 Å². The van der Waals surface area contributed by atoms with E-state index in [4.69, 9.17) is 22.0 Å². The van der Waals surface area contributed by atoms with Crippen molar-refractivity contribution in [3.63, 3.8) is 0 Å². The van der Waals surface area contributed by atoms with Crippen LogP contribution in [0.5, 0.6) is 5.75 Å². The van der Waals surface area contributed by atoms with Gasteiger partial charge in [0.1, 0.15) is 11.6 Å². The number of halogens is 2. The molecule has 8 N–H and O–H groups in total. The number of hydrazone groups is 1. The summed E-state index contributed by atoms with van der Waals surface area (Å²) in [4.78, 5) is 6.64. The summed E-state index contributed by atoms with van der Waals surface area (Å²) >= 11 is 0. The molecule has 0 amide bonds. The Morgan fingerprint density at radius 3 is 1.97 bits per heavy atom. The van der Waals surface area contributed by atoms with Gasteiger partial charge in [0.05, 0.1) is 24.2 Å². The molecule has 5 aromatic rings. The normalized spacial score (nSPS) is 11.6. The molecule has 0 aliphatic heterocycles. The second kappa shape index (κ2) is 7.57. The number of fused-ring (bicyclic) bond motifs is 6. The summed E-state index contributed by atoms with van der Waals surface area (Å²) in [6, 6.07) is 11.0. The van der Waals surface area contributed by atoms with Gasteiger partial charge in [0.15, 0.2) is 5.75 Å².